The van der Waals surface area contributed by atoms with Gasteiger partial charge in [0.25, 0.3) is 0 Å². The standard InChI is InChI=1S/C17H26O9/c1-6-7-13-15(23-10(3)19)17(25-12(5)21)16(24-11(4)20)14(26-13)8-22-9(2)18/h13-17H,6-8H2,1-5H3/t13-,14-,15+,16-,17-/m1/s1. The largest absolute Gasteiger partial charge is 0.463 e. The Labute approximate surface area is 152 Å². The molecule has 0 amide bonds. The molecule has 1 fully saturated rings. The zero-order valence-electron chi connectivity index (χ0n) is 15.7. The molecule has 1 saturated heterocycles. The fourth-order valence-corrected chi connectivity index (χ4v) is 2.83. The van der Waals surface area contributed by atoms with E-state index in [0.717, 1.165) is 0 Å². The lowest BCUT2D eigenvalue weighted by atomic mass is 9.92. The lowest BCUT2D eigenvalue weighted by molar-refractivity contribution is -0.253. The summed E-state index contributed by atoms with van der Waals surface area (Å²) in [5.74, 6) is -2.39. The van der Waals surface area contributed by atoms with Crippen LogP contribution in [0.3, 0.4) is 0 Å². The SMILES string of the molecule is CCC[C@H]1O[C@H](COC(C)=O)[C@@H](OC(C)=O)[C@H](OC(C)=O)[C@H]1OC(C)=O. The number of hydrogen-bond donors (Lipinski definition) is 0. The van der Waals surface area contributed by atoms with E-state index in [1.165, 1.54) is 27.7 Å². The fraction of sp³-hybridized carbons (Fsp3) is 0.765. The van der Waals surface area contributed by atoms with Gasteiger partial charge < -0.3 is 23.7 Å². The maximum Gasteiger partial charge on any atom is 0.303 e. The van der Waals surface area contributed by atoms with Crippen LogP contribution in [0, 0.1) is 0 Å². The van der Waals surface area contributed by atoms with Gasteiger partial charge in [-0.1, -0.05) is 13.3 Å². The van der Waals surface area contributed by atoms with Crippen LogP contribution >= 0.6 is 0 Å². The number of carbonyl (C=O) groups is 4. The zero-order valence-corrected chi connectivity index (χ0v) is 15.7. The van der Waals surface area contributed by atoms with Gasteiger partial charge in [0.05, 0.1) is 6.10 Å². The Morgan fingerprint density at radius 1 is 0.731 bits per heavy atom. The van der Waals surface area contributed by atoms with E-state index in [-0.39, 0.29) is 6.61 Å². The van der Waals surface area contributed by atoms with E-state index in [2.05, 4.69) is 0 Å². The van der Waals surface area contributed by atoms with Crippen LogP contribution in [0.1, 0.15) is 47.5 Å². The Morgan fingerprint density at radius 2 is 1.19 bits per heavy atom. The van der Waals surface area contributed by atoms with Crippen molar-refractivity contribution >= 4 is 23.9 Å². The van der Waals surface area contributed by atoms with Gasteiger partial charge in [-0.15, -0.1) is 0 Å². The van der Waals surface area contributed by atoms with Gasteiger partial charge in [0.1, 0.15) is 12.7 Å². The quantitative estimate of drug-likeness (QED) is 0.474. The number of carbonyl (C=O) groups excluding carboxylic acids is 4. The number of hydrogen-bond acceptors (Lipinski definition) is 9. The molecule has 0 N–H and O–H groups in total. The van der Waals surface area contributed by atoms with E-state index in [9.17, 15) is 19.2 Å². The summed E-state index contributed by atoms with van der Waals surface area (Å²) in [5, 5.41) is 0. The third-order valence-corrected chi connectivity index (χ3v) is 3.66. The van der Waals surface area contributed by atoms with Gasteiger partial charge in [-0.3, -0.25) is 19.2 Å². The van der Waals surface area contributed by atoms with Crippen molar-refractivity contribution in [2.24, 2.45) is 0 Å². The summed E-state index contributed by atoms with van der Waals surface area (Å²) in [5.41, 5.74) is 0. The Bertz CT molecular complexity index is 530. The number of rotatable bonds is 7. The second-order valence-corrected chi connectivity index (χ2v) is 6.03. The minimum absolute atomic E-state index is 0.196. The summed E-state index contributed by atoms with van der Waals surface area (Å²) in [6, 6.07) is 0. The van der Waals surface area contributed by atoms with Crippen LogP contribution in [0.5, 0.6) is 0 Å². The molecule has 0 bridgehead atoms. The van der Waals surface area contributed by atoms with Crippen LogP contribution in [0.4, 0.5) is 0 Å². The van der Waals surface area contributed by atoms with Gasteiger partial charge in [0.2, 0.25) is 0 Å². The maximum absolute atomic E-state index is 11.6. The van der Waals surface area contributed by atoms with Gasteiger partial charge in [-0.05, 0) is 6.42 Å². The van der Waals surface area contributed by atoms with Gasteiger partial charge in [-0.25, -0.2) is 0 Å². The van der Waals surface area contributed by atoms with Crippen molar-refractivity contribution in [2.75, 3.05) is 6.61 Å². The Kier molecular flexibility index (Phi) is 8.50. The lowest BCUT2D eigenvalue weighted by Gasteiger charge is -2.44. The first-order chi connectivity index (χ1) is 12.1. The van der Waals surface area contributed by atoms with Crippen LogP contribution in [-0.2, 0) is 42.9 Å². The van der Waals surface area contributed by atoms with E-state index < -0.39 is 54.4 Å². The van der Waals surface area contributed by atoms with Crippen LogP contribution in [0.25, 0.3) is 0 Å². The molecular weight excluding hydrogens is 348 g/mol. The Hall–Kier alpha value is -2.16. The summed E-state index contributed by atoms with van der Waals surface area (Å²) in [7, 11) is 0. The molecule has 26 heavy (non-hydrogen) atoms. The molecule has 1 heterocycles. The second-order valence-electron chi connectivity index (χ2n) is 6.03. The molecular formula is C17H26O9. The fourth-order valence-electron chi connectivity index (χ4n) is 2.83. The minimum Gasteiger partial charge on any atom is -0.463 e. The second kappa shape index (κ2) is 10.1. The van der Waals surface area contributed by atoms with Crippen molar-refractivity contribution in [3.63, 3.8) is 0 Å². The molecule has 0 aliphatic carbocycles. The van der Waals surface area contributed by atoms with Crippen molar-refractivity contribution < 1.29 is 42.9 Å². The molecule has 9 heteroatoms. The van der Waals surface area contributed by atoms with Gasteiger partial charge in [-0.2, -0.15) is 0 Å². The smallest absolute Gasteiger partial charge is 0.303 e. The van der Waals surface area contributed by atoms with Gasteiger partial charge in [0.15, 0.2) is 18.3 Å². The maximum atomic E-state index is 11.6. The summed E-state index contributed by atoms with van der Waals surface area (Å²) in [4.78, 5) is 45.8. The van der Waals surface area contributed by atoms with Crippen LogP contribution in [0.15, 0.2) is 0 Å². The van der Waals surface area contributed by atoms with Crippen molar-refractivity contribution in [3.05, 3.63) is 0 Å². The topological polar surface area (TPSA) is 114 Å². The molecule has 1 rings (SSSR count). The summed E-state index contributed by atoms with van der Waals surface area (Å²) in [6.45, 7) is 6.55. The minimum atomic E-state index is -1.09. The van der Waals surface area contributed by atoms with Crippen LogP contribution < -0.4 is 0 Å². The van der Waals surface area contributed by atoms with Crippen molar-refractivity contribution in [1.29, 1.82) is 0 Å². The molecule has 148 valence electrons. The predicted octanol–water partition coefficient (Wildman–Crippen LogP) is 0.912. The molecule has 9 nitrogen and oxygen atoms in total. The molecule has 1 aliphatic rings. The summed E-state index contributed by atoms with van der Waals surface area (Å²) < 4.78 is 26.8. The highest BCUT2D eigenvalue weighted by Crippen LogP contribution is 2.31. The normalized spacial score (nSPS) is 28.0. The molecule has 0 aromatic carbocycles. The van der Waals surface area contributed by atoms with Gasteiger partial charge >= 0.3 is 23.9 Å². The zero-order chi connectivity index (χ0) is 19.9. The van der Waals surface area contributed by atoms with E-state index in [1.54, 1.807) is 0 Å². The van der Waals surface area contributed by atoms with Crippen molar-refractivity contribution in [1.82, 2.24) is 0 Å². The average Bonchev–Trinajstić information content (AvgIpc) is 2.50. The third-order valence-electron chi connectivity index (χ3n) is 3.66. The van der Waals surface area contributed by atoms with E-state index in [0.29, 0.717) is 12.8 Å². The van der Waals surface area contributed by atoms with E-state index in [4.69, 9.17) is 23.7 Å². The third kappa shape index (κ3) is 6.62. The Morgan fingerprint density at radius 3 is 1.62 bits per heavy atom. The van der Waals surface area contributed by atoms with Crippen LogP contribution in [0.2, 0.25) is 0 Å². The van der Waals surface area contributed by atoms with Gasteiger partial charge in [0, 0.05) is 27.7 Å². The molecule has 0 aromatic rings. The molecule has 0 unspecified atom stereocenters. The van der Waals surface area contributed by atoms with E-state index >= 15 is 0 Å². The van der Waals surface area contributed by atoms with Crippen molar-refractivity contribution in [3.8, 4) is 0 Å². The molecule has 0 aromatic heterocycles. The highest BCUT2D eigenvalue weighted by Gasteiger charge is 2.51. The highest BCUT2D eigenvalue weighted by molar-refractivity contribution is 5.68. The predicted molar refractivity (Wildman–Crippen MR) is 86.9 cm³/mol. The van der Waals surface area contributed by atoms with Crippen LogP contribution in [-0.4, -0.2) is 61.0 Å². The average molecular weight is 374 g/mol. The number of ether oxygens (including phenoxy) is 5. The first-order valence-corrected chi connectivity index (χ1v) is 8.46. The Balaban J connectivity index is 3.22. The molecule has 0 spiro atoms. The first kappa shape index (κ1) is 21.9. The number of esters is 4. The van der Waals surface area contributed by atoms with Crippen molar-refractivity contribution in [2.45, 2.75) is 78.0 Å². The first-order valence-electron chi connectivity index (χ1n) is 8.46. The molecule has 5 atom stereocenters. The van der Waals surface area contributed by atoms with E-state index in [1.807, 2.05) is 6.92 Å². The molecule has 1 aliphatic heterocycles. The molecule has 0 radical (unpaired) electrons. The summed E-state index contributed by atoms with van der Waals surface area (Å²) >= 11 is 0. The summed E-state index contributed by atoms with van der Waals surface area (Å²) in [6.07, 6.45) is -3.39. The molecule has 0 saturated carbocycles. The highest BCUT2D eigenvalue weighted by atomic mass is 16.7. The lowest BCUT2D eigenvalue weighted by Crippen LogP contribution is -2.62. The monoisotopic (exact) mass is 374 g/mol.